The zero-order valence-corrected chi connectivity index (χ0v) is 14.8. The highest BCUT2D eigenvalue weighted by Gasteiger charge is 2.04. The molecule has 0 atom stereocenters. The molecule has 2 N–H and O–H groups in total. The Labute approximate surface area is 156 Å². The molecule has 0 saturated heterocycles. The summed E-state index contributed by atoms with van der Waals surface area (Å²) in [7, 11) is 0. The predicted molar refractivity (Wildman–Crippen MR) is 105 cm³/mol. The number of rotatable bonds is 6. The summed E-state index contributed by atoms with van der Waals surface area (Å²) < 4.78 is 5.08. The summed E-state index contributed by atoms with van der Waals surface area (Å²) in [6.07, 6.45) is 4.34. The zero-order valence-electron chi connectivity index (χ0n) is 14.8. The molecule has 0 aliphatic rings. The lowest BCUT2D eigenvalue weighted by atomic mass is 10.0. The standard InChI is InChI=1S/C21H19N3O3/c1-15(17-9-8-16-5-2-3-6-18(16)13-17)23-24-21(26)14-22-20(25)11-10-19-7-4-12-27-19/h2-13H,14H2,1H3,(H,22,25)(H,24,26). The van der Waals surface area contributed by atoms with E-state index in [1.165, 1.54) is 18.4 Å². The Bertz CT molecular complexity index is 1000. The van der Waals surface area contributed by atoms with Crippen molar-refractivity contribution in [1.82, 2.24) is 10.7 Å². The molecule has 2 aromatic carbocycles. The van der Waals surface area contributed by atoms with Gasteiger partial charge in [-0.3, -0.25) is 9.59 Å². The molecule has 6 nitrogen and oxygen atoms in total. The molecule has 0 aliphatic heterocycles. The van der Waals surface area contributed by atoms with E-state index in [4.69, 9.17) is 4.42 Å². The number of hydrogen-bond donors (Lipinski definition) is 2. The lowest BCUT2D eigenvalue weighted by Crippen LogP contribution is -2.34. The van der Waals surface area contributed by atoms with Gasteiger partial charge >= 0.3 is 0 Å². The summed E-state index contributed by atoms with van der Waals surface area (Å²) in [5, 5.41) is 8.83. The summed E-state index contributed by atoms with van der Waals surface area (Å²) >= 11 is 0. The number of nitrogens with zero attached hydrogens (tertiary/aromatic N) is 1. The number of fused-ring (bicyclic) bond motifs is 1. The number of furan rings is 1. The third kappa shape index (κ3) is 5.15. The van der Waals surface area contributed by atoms with E-state index in [0.29, 0.717) is 11.5 Å². The summed E-state index contributed by atoms with van der Waals surface area (Å²) in [6, 6.07) is 17.5. The van der Waals surface area contributed by atoms with Crippen molar-refractivity contribution in [3.63, 3.8) is 0 Å². The van der Waals surface area contributed by atoms with E-state index in [1.54, 1.807) is 12.1 Å². The van der Waals surface area contributed by atoms with Crippen molar-refractivity contribution in [2.24, 2.45) is 5.10 Å². The van der Waals surface area contributed by atoms with Crippen LogP contribution >= 0.6 is 0 Å². The Balaban J connectivity index is 1.51. The summed E-state index contributed by atoms with van der Waals surface area (Å²) in [5.74, 6) is -0.239. The van der Waals surface area contributed by atoms with E-state index in [2.05, 4.69) is 15.8 Å². The molecule has 2 amide bonds. The largest absolute Gasteiger partial charge is 0.465 e. The van der Waals surface area contributed by atoms with Crippen molar-refractivity contribution in [3.8, 4) is 0 Å². The molecule has 1 aromatic heterocycles. The minimum Gasteiger partial charge on any atom is -0.465 e. The highest BCUT2D eigenvalue weighted by atomic mass is 16.3. The van der Waals surface area contributed by atoms with Crippen molar-refractivity contribution in [2.45, 2.75) is 6.92 Å². The van der Waals surface area contributed by atoms with Crippen molar-refractivity contribution in [3.05, 3.63) is 78.3 Å². The molecule has 6 heteroatoms. The molecular formula is C21H19N3O3. The average Bonchev–Trinajstić information content (AvgIpc) is 3.22. The molecule has 0 unspecified atom stereocenters. The fourth-order valence-electron chi connectivity index (χ4n) is 2.43. The fourth-order valence-corrected chi connectivity index (χ4v) is 2.43. The fraction of sp³-hybridized carbons (Fsp3) is 0.0952. The summed E-state index contributed by atoms with van der Waals surface area (Å²) in [6.45, 7) is 1.64. The minimum absolute atomic E-state index is 0.171. The molecule has 27 heavy (non-hydrogen) atoms. The second kappa shape index (κ2) is 8.62. The van der Waals surface area contributed by atoms with Crippen LogP contribution in [-0.4, -0.2) is 24.1 Å². The number of hydrogen-bond acceptors (Lipinski definition) is 4. The molecule has 3 aromatic rings. The van der Waals surface area contributed by atoms with E-state index in [-0.39, 0.29) is 6.54 Å². The molecule has 1 heterocycles. The van der Waals surface area contributed by atoms with E-state index in [0.717, 1.165) is 16.3 Å². The second-order valence-electron chi connectivity index (χ2n) is 5.86. The lowest BCUT2D eigenvalue weighted by molar-refractivity contribution is -0.123. The van der Waals surface area contributed by atoms with Gasteiger partial charge in [-0.05, 0) is 47.5 Å². The van der Waals surface area contributed by atoms with Crippen molar-refractivity contribution >= 4 is 34.4 Å². The van der Waals surface area contributed by atoms with Gasteiger partial charge in [0, 0.05) is 6.08 Å². The second-order valence-corrected chi connectivity index (χ2v) is 5.86. The minimum atomic E-state index is -0.408. The lowest BCUT2D eigenvalue weighted by Gasteiger charge is -2.05. The first-order valence-electron chi connectivity index (χ1n) is 8.43. The maximum atomic E-state index is 11.9. The molecule has 3 rings (SSSR count). The molecule has 0 saturated carbocycles. The smallest absolute Gasteiger partial charge is 0.259 e. The van der Waals surface area contributed by atoms with Gasteiger partial charge in [0.05, 0.1) is 18.5 Å². The first-order valence-corrected chi connectivity index (χ1v) is 8.43. The van der Waals surface area contributed by atoms with E-state index in [9.17, 15) is 9.59 Å². The summed E-state index contributed by atoms with van der Waals surface area (Å²) in [5.41, 5.74) is 4.04. The van der Waals surface area contributed by atoms with E-state index >= 15 is 0 Å². The van der Waals surface area contributed by atoms with Gasteiger partial charge in [-0.25, -0.2) is 5.43 Å². The highest BCUT2D eigenvalue weighted by Crippen LogP contribution is 2.16. The van der Waals surface area contributed by atoms with Crippen LogP contribution in [0.2, 0.25) is 0 Å². The molecule has 0 radical (unpaired) electrons. The van der Waals surface area contributed by atoms with Gasteiger partial charge in [0.2, 0.25) is 5.91 Å². The molecule has 0 spiro atoms. The van der Waals surface area contributed by atoms with Gasteiger partial charge in [0.15, 0.2) is 0 Å². The number of carbonyl (C=O) groups excluding carboxylic acids is 2. The molecule has 0 aliphatic carbocycles. The molecular weight excluding hydrogens is 342 g/mol. The normalized spacial score (nSPS) is 11.7. The number of amides is 2. The van der Waals surface area contributed by atoms with Crippen molar-refractivity contribution in [2.75, 3.05) is 6.54 Å². The van der Waals surface area contributed by atoms with Crippen molar-refractivity contribution in [1.29, 1.82) is 0 Å². The van der Waals surface area contributed by atoms with Crippen LogP contribution < -0.4 is 10.7 Å². The third-order valence-electron chi connectivity index (χ3n) is 3.88. The number of benzene rings is 2. The topological polar surface area (TPSA) is 83.7 Å². The highest BCUT2D eigenvalue weighted by molar-refractivity contribution is 6.02. The Morgan fingerprint density at radius 1 is 1.07 bits per heavy atom. The van der Waals surface area contributed by atoms with E-state index in [1.807, 2.05) is 49.4 Å². The average molecular weight is 361 g/mol. The predicted octanol–water partition coefficient (Wildman–Crippen LogP) is 3.10. The number of hydrazone groups is 1. The van der Waals surface area contributed by atoms with Crippen LogP contribution in [0.25, 0.3) is 16.8 Å². The number of carbonyl (C=O) groups is 2. The maximum absolute atomic E-state index is 11.9. The molecule has 0 bridgehead atoms. The Morgan fingerprint density at radius 2 is 1.89 bits per heavy atom. The van der Waals surface area contributed by atoms with Crippen LogP contribution in [0, 0.1) is 0 Å². The Hall–Kier alpha value is -3.67. The number of nitrogens with one attached hydrogen (secondary N) is 2. The SMILES string of the molecule is CC(=NNC(=O)CNC(=O)C=Cc1ccco1)c1ccc2ccccc2c1. The van der Waals surface area contributed by atoms with Gasteiger partial charge in [-0.1, -0.05) is 36.4 Å². The van der Waals surface area contributed by atoms with Crippen LogP contribution in [0.15, 0.2) is 76.5 Å². The van der Waals surface area contributed by atoms with Crippen molar-refractivity contribution < 1.29 is 14.0 Å². The Morgan fingerprint density at radius 3 is 2.67 bits per heavy atom. The van der Waals surface area contributed by atoms with Crippen LogP contribution in [0.4, 0.5) is 0 Å². The van der Waals surface area contributed by atoms with Gasteiger partial charge in [0.25, 0.3) is 5.91 Å². The van der Waals surface area contributed by atoms with Gasteiger partial charge in [-0.2, -0.15) is 5.10 Å². The van der Waals surface area contributed by atoms with Gasteiger partial charge < -0.3 is 9.73 Å². The zero-order chi connectivity index (χ0) is 19.1. The third-order valence-corrected chi connectivity index (χ3v) is 3.88. The van der Waals surface area contributed by atoms with Crippen LogP contribution in [0.3, 0.4) is 0 Å². The maximum Gasteiger partial charge on any atom is 0.259 e. The first kappa shape index (κ1) is 18.1. The van der Waals surface area contributed by atoms with E-state index < -0.39 is 11.8 Å². The quantitative estimate of drug-likeness (QED) is 0.402. The van der Waals surface area contributed by atoms with Gasteiger partial charge in [0.1, 0.15) is 5.76 Å². The monoisotopic (exact) mass is 361 g/mol. The molecule has 136 valence electrons. The Kier molecular flexibility index (Phi) is 5.79. The molecule has 0 fully saturated rings. The van der Waals surface area contributed by atoms with Crippen LogP contribution in [0.5, 0.6) is 0 Å². The first-order chi connectivity index (χ1) is 13.1. The van der Waals surface area contributed by atoms with Gasteiger partial charge in [-0.15, -0.1) is 0 Å². The van der Waals surface area contributed by atoms with Crippen LogP contribution in [0.1, 0.15) is 18.2 Å². The summed E-state index contributed by atoms with van der Waals surface area (Å²) in [4.78, 5) is 23.5. The van der Waals surface area contributed by atoms with Crippen LogP contribution in [-0.2, 0) is 9.59 Å².